The fourth-order valence-electron chi connectivity index (χ4n) is 2.85. The highest BCUT2D eigenvalue weighted by Gasteiger charge is 2.15. The minimum Gasteiger partial charge on any atom is -0.381 e. The maximum atomic E-state index is 5.71. The Labute approximate surface area is 158 Å². The Hall–Kier alpha value is -1.79. The van der Waals surface area contributed by atoms with Gasteiger partial charge in [0.25, 0.3) is 0 Å². The molecule has 0 bridgehead atoms. The van der Waals surface area contributed by atoms with Crippen molar-refractivity contribution in [2.45, 2.75) is 19.3 Å². The molecule has 146 valence electrons. The molecule has 6 heteroatoms. The molecule has 1 aliphatic heterocycles. The Morgan fingerprint density at radius 1 is 1.23 bits per heavy atom. The molecular formula is C20H34N4O2. The molecule has 1 aromatic carbocycles. The van der Waals surface area contributed by atoms with Gasteiger partial charge in [-0.3, -0.25) is 4.99 Å². The molecule has 1 aromatic rings. The minimum atomic E-state index is 0.587. The molecule has 1 atom stereocenters. The van der Waals surface area contributed by atoms with Crippen molar-refractivity contribution in [2.75, 3.05) is 65.6 Å². The second-order valence-electron chi connectivity index (χ2n) is 6.89. The Bertz CT molecular complexity index is 525. The van der Waals surface area contributed by atoms with Crippen LogP contribution in [0.3, 0.4) is 0 Å². The number of ether oxygens (including phenoxy) is 2. The van der Waals surface area contributed by atoms with E-state index >= 15 is 0 Å². The highest BCUT2D eigenvalue weighted by atomic mass is 16.5. The van der Waals surface area contributed by atoms with Crippen LogP contribution in [0.15, 0.2) is 29.3 Å². The van der Waals surface area contributed by atoms with E-state index in [2.05, 4.69) is 58.9 Å². The maximum Gasteiger partial charge on any atom is 0.190 e. The highest BCUT2D eigenvalue weighted by Crippen LogP contribution is 2.13. The minimum absolute atomic E-state index is 0.587. The zero-order valence-corrected chi connectivity index (χ0v) is 16.5. The molecule has 0 amide bonds. The van der Waals surface area contributed by atoms with Crippen molar-refractivity contribution in [2.24, 2.45) is 10.9 Å². The molecule has 0 spiro atoms. The zero-order chi connectivity index (χ0) is 18.6. The molecule has 0 saturated carbocycles. The summed E-state index contributed by atoms with van der Waals surface area (Å²) in [6, 6.07) is 8.67. The third kappa shape index (κ3) is 7.62. The van der Waals surface area contributed by atoms with Crippen LogP contribution in [0.4, 0.5) is 5.69 Å². The molecule has 1 saturated heterocycles. The van der Waals surface area contributed by atoms with E-state index in [9.17, 15) is 0 Å². The van der Waals surface area contributed by atoms with E-state index in [4.69, 9.17) is 9.47 Å². The van der Waals surface area contributed by atoms with Gasteiger partial charge in [-0.15, -0.1) is 0 Å². The van der Waals surface area contributed by atoms with E-state index in [1.807, 2.05) is 0 Å². The van der Waals surface area contributed by atoms with Gasteiger partial charge in [-0.05, 0) is 37.0 Å². The average molecular weight is 363 g/mol. The first-order valence-electron chi connectivity index (χ1n) is 9.55. The summed E-state index contributed by atoms with van der Waals surface area (Å²) in [5.41, 5.74) is 2.55. The molecular weight excluding hydrogens is 328 g/mol. The number of rotatable bonds is 10. The lowest BCUT2D eigenvalue weighted by atomic mass is 10.1. The first-order chi connectivity index (χ1) is 12.7. The van der Waals surface area contributed by atoms with Crippen LogP contribution in [0.25, 0.3) is 0 Å². The molecule has 2 rings (SSSR count). The summed E-state index contributed by atoms with van der Waals surface area (Å²) < 4.78 is 11.1. The summed E-state index contributed by atoms with van der Waals surface area (Å²) in [4.78, 5) is 6.38. The average Bonchev–Trinajstić information content (AvgIpc) is 3.17. The standard InChI is InChI=1S/C20H34N4O2/c1-21-20(22-11-4-13-25-15-18-10-14-26-16-18)23-12-9-17-5-7-19(8-6-17)24(2)3/h5-8,18H,4,9-16H2,1-3H3,(H2,21,22,23). The van der Waals surface area contributed by atoms with Gasteiger partial charge in [-0.1, -0.05) is 12.1 Å². The van der Waals surface area contributed by atoms with Crippen molar-refractivity contribution in [3.63, 3.8) is 0 Å². The fourth-order valence-corrected chi connectivity index (χ4v) is 2.85. The van der Waals surface area contributed by atoms with E-state index < -0.39 is 0 Å². The van der Waals surface area contributed by atoms with Crippen molar-refractivity contribution in [3.8, 4) is 0 Å². The van der Waals surface area contributed by atoms with Crippen LogP contribution < -0.4 is 15.5 Å². The summed E-state index contributed by atoms with van der Waals surface area (Å²) in [5.74, 6) is 1.43. The van der Waals surface area contributed by atoms with Crippen molar-refractivity contribution in [3.05, 3.63) is 29.8 Å². The smallest absolute Gasteiger partial charge is 0.190 e. The molecule has 1 fully saturated rings. The normalized spacial score (nSPS) is 17.3. The monoisotopic (exact) mass is 362 g/mol. The number of hydrogen-bond donors (Lipinski definition) is 2. The number of aliphatic imine (C=N–C) groups is 1. The lowest BCUT2D eigenvalue weighted by Crippen LogP contribution is -2.39. The second kappa shape index (κ2) is 11.8. The van der Waals surface area contributed by atoms with Crippen LogP contribution in [-0.4, -0.2) is 66.6 Å². The third-order valence-corrected chi connectivity index (χ3v) is 4.52. The van der Waals surface area contributed by atoms with E-state index in [0.29, 0.717) is 5.92 Å². The molecule has 0 aliphatic carbocycles. The number of nitrogens with one attached hydrogen (secondary N) is 2. The quantitative estimate of drug-likeness (QED) is 0.378. The molecule has 1 unspecified atom stereocenters. The Balaban J connectivity index is 1.53. The summed E-state index contributed by atoms with van der Waals surface area (Å²) in [5, 5.41) is 6.70. The Morgan fingerprint density at radius 3 is 2.65 bits per heavy atom. The van der Waals surface area contributed by atoms with Crippen molar-refractivity contribution < 1.29 is 9.47 Å². The predicted octanol–water partition coefficient (Wildman–Crippen LogP) is 1.90. The van der Waals surface area contributed by atoms with E-state index in [0.717, 1.165) is 64.7 Å². The topological polar surface area (TPSA) is 58.1 Å². The summed E-state index contributed by atoms with van der Waals surface area (Å²) in [7, 11) is 5.92. The highest BCUT2D eigenvalue weighted by molar-refractivity contribution is 5.79. The summed E-state index contributed by atoms with van der Waals surface area (Å²) in [6.45, 7) is 5.06. The van der Waals surface area contributed by atoms with Crippen LogP contribution in [0.5, 0.6) is 0 Å². The molecule has 1 heterocycles. The van der Waals surface area contributed by atoms with Crippen molar-refractivity contribution >= 4 is 11.6 Å². The van der Waals surface area contributed by atoms with Gasteiger partial charge in [0.1, 0.15) is 0 Å². The number of hydrogen-bond acceptors (Lipinski definition) is 4. The molecule has 2 N–H and O–H groups in total. The summed E-state index contributed by atoms with van der Waals surface area (Å²) in [6.07, 6.45) is 3.08. The predicted molar refractivity (Wildman–Crippen MR) is 108 cm³/mol. The largest absolute Gasteiger partial charge is 0.381 e. The third-order valence-electron chi connectivity index (χ3n) is 4.52. The van der Waals surface area contributed by atoms with Crippen LogP contribution in [0.2, 0.25) is 0 Å². The zero-order valence-electron chi connectivity index (χ0n) is 16.5. The Kier molecular flexibility index (Phi) is 9.28. The van der Waals surface area contributed by atoms with E-state index in [1.54, 1.807) is 7.05 Å². The van der Waals surface area contributed by atoms with Gasteiger partial charge < -0.3 is 25.0 Å². The van der Waals surface area contributed by atoms with E-state index in [1.165, 1.54) is 11.3 Å². The molecule has 26 heavy (non-hydrogen) atoms. The molecule has 0 radical (unpaired) electrons. The Morgan fingerprint density at radius 2 is 2.00 bits per heavy atom. The van der Waals surface area contributed by atoms with Gasteiger partial charge in [0.2, 0.25) is 0 Å². The van der Waals surface area contributed by atoms with Gasteiger partial charge in [0.05, 0.1) is 13.2 Å². The fraction of sp³-hybridized carbons (Fsp3) is 0.650. The summed E-state index contributed by atoms with van der Waals surface area (Å²) >= 11 is 0. The van der Waals surface area contributed by atoms with Crippen LogP contribution in [0, 0.1) is 5.92 Å². The first kappa shape index (κ1) is 20.5. The van der Waals surface area contributed by atoms with Crippen LogP contribution in [-0.2, 0) is 15.9 Å². The number of nitrogens with zero attached hydrogens (tertiary/aromatic N) is 2. The molecule has 6 nitrogen and oxygen atoms in total. The van der Waals surface area contributed by atoms with E-state index in [-0.39, 0.29) is 0 Å². The molecule has 1 aliphatic rings. The van der Waals surface area contributed by atoms with Crippen molar-refractivity contribution in [1.82, 2.24) is 10.6 Å². The first-order valence-corrected chi connectivity index (χ1v) is 9.55. The lowest BCUT2D eigenvalue weighted by molar-refractivity contribution is 0.0888. The van der Waals surface area contributed by atoms with Crippen LogP contribution in [0.1, 0.15) is 18.4 Å². The van der Waals surface area contributed by atoms with Gasteiger partial charge in [0.15, 0.2) is 5.96 Å². The van der Waals surface area contributed by atoms with Crippen molar-refractivity contribution in [1.29, 1.82) is 0 Å². The number of benzene rings is 1. The van der Waals surface area contributed by atoms with Gasteiger partial charge >= 0.3 is 0 Å². The maximum absolute atomic E-state index is 5.71. The van der Waals surface area contributed by atoms with Gasteiger partial charge in [0, 0.05) is 59.1 Å². The number of anilines is 1. The SMILES string of the molecule is CN=C(NCCCOCC1CCOC1)NCCc1ccc(N(C)C)cc1. The number of guanidine groups is 1. The van der Waals surface area contributed by atoms with Crippen LogP contribution >= 0.6 is 0 Å². The van der Waals surface area contributed by atoms with Gasteiger partial charge in [-0.25, -0.2) is 0 Å². The molecule has 0 aromatic heterocycles. The lowest BCUT2D eigenvalue weighted by Gasteiger charge is -2.14. The van der Waals surface area contributed by atoms with Gasteiger partial charge in [-0.2, -0.15) is 0 Å². The second-order valence-corrected chi connectivity index (χ2v) is 6.89.